The van der Waals surface area contributed by atoms with Crippen molar-refractivity contribution in [1.82, 2.24) is 10.2 Å². The number of hydrogen-bond acceptors (Lipinski definition) is 3. The highest BCUT2D eigenvalue weighted by Gasteiger charge is 2.37. The summed E-state index contributed by atoms with van der Waals surface area (Å²) in [6.45, 7) is 3.07. The lowest BCUT2D eigenvalue weighted by atomic mass is 10.1. The van der Waals surface area contributed by atoms with Crippen molar-refractivity contribution < 1.29 is 9.59 Å². The standard InChI is InChI=1S/C15H19N3O2/c1-2-13-14(19)16-7-8-18(13)15(20)12-9-10-5-3-4-6-11(10)17-12/h3-6,12-13,17H,2,7-9H2,1H3,(H,16,19)/t12-,13?/m0/s1. The molecule has 2 aliphatic heterocycles. The lowest BCUT2D eigenvalue weighted by molar-refractivity contribution is -0.143. The summed E-state index contributed by atoms with van der Waals surface area (Å²) in [4.78, 5) is 26.2. The molecule has 0 spiro atoms. The summed E-state index contributed by atoms with van der Waals surface area (Å²) in [5.74, 6) is -0.00879. The van der Waals surface area contributed by atoms with Crippen molar-refractivity contribution in [2.45, 2.75) is 31.8 Å². The molecule has 0 radical (unpaired) electrons. The van der Waals surface area contributed by atoms with Gasteiger partial charge in [0.2, 0.25) is 11.8 Å². The normalized spacial score (nSPS) is 24.9. The summed E-state index contributed by atoms with van der Waals surface area (Å²) >= 11 is 0. The molecule has 2 heterocycles. The zero-order chi connectivity index (χ0) is 14.1. The van der Waals surface area contributed by atoms with Gasteiger partial charge < -0.3 is 15.5 Å². The molecule has 2 N–H and O–H groups in total. The second kappa shape index (κ2) is 5.15. The number of piperazine rings is 1. The Kier molecular flexibility index (Phi) is 3.34. The van der Waals surface area contributed by atoms with E-state index in [1.165, 1.54) is 5.56 Å². The number of anilines is 1. The van der Waals surface area contributed by atoms with Gasteiger partial charge in [0.05, 0.1) is 0 Å². The van der Waals surface area contributed by atoms with E-state index in [0.717, 1.165) is 5.69 Å². The minimum Gasteiger partial charge on any atom is -0.373 e. The molecule has 1 saturated heterocycles. The van der Waals surface area contributed by atoms with Gasteiger partial charge in [-0.3, -0.25) is 9.59 Å². The second-order valence-corrected chi connectivity index (χ2v) is 5.30. The third kappa shape index (κ3) is 2.13. The first-order valence-corrected chi connectivity index (χ1v) is 7.13. The van der Waals surface area contributed by atoms with Crippen LogP contribution < -0.4 is 10.6 Å². The summed E-state index contributed by atoms with van der Waals surface area (Å²) in [5.41, 5.74) is 2.20. The molecule has 0 saturated carbocycles. The van der Waals surface area contributed by atoms with Crippen molar-refractivity contribution in [1.29, 1.82) is 0 Å². The number of nitrogens with zero attached hydrogens (tertiary/aromatic N) is 1. The van der Waals surface area contributed by atoms with Crippen LogP contribution in [0, 0.1) is 0 Å². The molecule has 1 fully saturated rings. The Bertz CT molecular complexity index is 519. The van der Waals surface area contributed by atoms with Crippen LogP contribution in [0.15, 0.2) is 24.3 Å². The molecular weight excluding hydrogens is 254 g/mol. The zero-order valence-electron chi connectivity index (χ0n) is 11.6. The van der Waals surface area contributed by atoms with Crippen LogP contribution in [-0.2, 0) is 16.0 Å². The number of benzene rings is 1. The lowest BCUT2D eigenvalue weighted by Gasteiger charge is -2.36. The molecule has 1 unspecified atom stereocenters. The first-order valence-electron chi connectivity index (χ1n) is 7.13. The van der Waals surface area contributed by atoms with Crippen LogP contribution in [0.25, 0.3) is 0 Å². The minimum atomic E-state index is -0.332. The summed E-state index contributed by atoms with van der Waals surface area (Å²) in [6.07, 6.45) is 1.35. The van der Waals surface area contributed by atoms with Crippen LogP contribution in [0.2, 0.25) is 0 Å². The number of para-hydroxylation sites is 1. The zero-order valence-corrected chi connectivity index (χ0v) is 11.6. The summed E-state index contributed by atoms with van der Waals surface area (Å²) in [7, 11) is 0. The maximum absolute atomic E-state index is 12.7. The Morgan fingerprint density at radius 3 is 2.95 bits per heavy atom. The number of rotatable bonds is 2. The highest BCUT2D eigenvalue weighted by atomic mass is 16.2. The van der Waals surface area contributed by atoms with Crippen molar-refractivity contribution in [3.63, 3.8) is 0 Å². The number of carbonyl (C=O) groups is 2. The molecule has 1 aromatic rings. The largest absolute Gasteiger partial charge is 0.373 e. The SMILES string of the molecule is CCC1C(=O)NCCN1C(=O)[C@@H]1Cc2ccccc2N1. The molecule has 3 rings (SSSR count). The van der Waals surface area contributed by atoms with E-state index in [0.29, 0.717) is 25.9 Å². The predicted octanol–water partition coefficient (Wildman–Crippen LogP) is 0.760. The van der Waals surface area contributed by atoms with Crippen LogP contribution in [-0.4, -0.2) is 41.9 Å². The van der Waals surface area contributed by atoms with E-state index in [2.05, 4.69) is 10.6 Å². The van der Waals surface area contributed by atoms with Gasteiger partial charge in [-0.25, -0.2) is 0 Å². The quantitative estimate of drug-likeness (QED) is 0.836. The first kappa shape index (κ1) is 13.0. The Hall–Kier alpha value is -2.04. The fourth-order valence-electron chi connectivity index (χ4n) is 3.03. The summed E-state index contributed by atoms with van der Waals surface area (Å²) < 4.78 is 0. The monoisotopic (exact) mass is 273 g/mol. The highest BCUT2D eigenvalue weighted by molar-refractivity contribution is 5.93. The molecule has 106 valence electrons. The van der Waals surface area contributed by atoms with E-state index < -0.39 is 0 Å². The van der Waals surface area contributed by atoms with Crippen LogP contribution in [0.3, 0.4) is 0 Å². The van der Waals surface area contributed by atoms with Crippen LogP contribution >= 0.6 is 0 Å². The van der Waals surface area contributed by atoms with E-state index in [1.807, 2.05) is 31.2 Å². The molecular formula is C15H19N3O2. The fourth-order valence-corrected chi connectivity index (χ4v) is 3.03. The fraction of sp³-hybridized carbons (Fsp3) is 0.467. The number of nitrogens with one attached hydrogen (secondary N) is 2. The molecule has 20 heavy (non-hydrogen) atoms. The van der Waals surface area contributed by atoms with Gasteiger partial charge in [0.25, 0.3) is 0 Å². The topological polar surface area (TPSA) is 61.4 Å². The maximum atomic E-state index is 12.7. The smallest absolute Gasteiger partial charge is 0.246 e. The molecule has 5 heteroatoms. The van der Waals surface area contributed by atoms with Crippen molar-refractivity contribution >= 4 is 17.5 Å². The first-order chi connectivity index (χ1) is 9.70. The Balaban J connectivity index is 1.75. The maximum Gasteiger partial charge on any atom is 0.246 e. The van der Waals surface area contributed by atoms with Crippen LogP contribution in [0.4, 0.5) is 5.69 Å². The summed E-state index contributed by atoms with van der Waals surface area (Å²) in [6, 6.07) is 7.39. The van der Waals surface area contributed by atoms with Gasteiger partial charge in [-0.1, -0.05) is 25.1 Å². The second-order valence-electron chi connectivity index (χ2n) is 5.30. The predicted molar refractivity (Wildman–Crippen MR) is 76.4 cm³/mol. The lowest BCUT2D eigenvalue weighted by Crippen LogP contribution is -2.59. The van der Waals surface area contributed by atoms with Gasteiger partial charge in [-0.2, -0.15) is 0 Å². The third-order valence-corrected chi connectivity index (χ3v) is 4.07. The van der Waals surface area contributed by atoms with Crippen molar-refractivity contribution in [2.24, 2.45) is 0 Å². The number of amides is 2. The van der Waals surface area contributed by atoms with E-state index in [4.69, 9.17) is 0 Å². The Morgan fingerprint density at radius 2 is 2.20 bits per heavy atom. The highest BCUT2D eigenvalue weighted by Crippen LogP contribution is 2.26. The van der Waals surface area contributed by atoms with Gasteiger partial charge in [0.15, 0.2) is 0 Å². The molecule has 0 bridgehead atoms. The van der Waals surface area contributed by atoms with Crippen LogP contribution in [0.5, 0.6) is 0 Å². The minimum absolute atomic E-state index is 0.0305. The molecule has 5 nitrogen and oxygen atoms in total. The van der Waals surface area contributed by atoms with Crippen molar-refractivity contribution in [3.8, 4) is 0 Å². The molecule has 0 aliphatic carbocycles. The Labute approximate surface area is 118 Å². The van der Waals surface area contributed by atoms with E-state index >= 15 is 0 Å². The third-order valence-electron chi connectivity index (χ3n) is 4.07. The van der Waals surface area contributed by atoms with Gasteiger partial charge >= 0.3 is 0 Å². The van der Waals surface area contributed by atoms with Crippen molar-refractivity contribution in [3.05, 3.63) is 29.8 Å². The molecule has 2 amide bonds. The molecule has 2 atom stereocenters. The van der Waals surface area contributed by atoms with Gasteiger partial charge in [-0.05, 0) is 18.1 Å². The number of fused-ring (bicyclic) bond motifs is 1. The van der Waals surface area contributed by atoms with Gasteiger partial charge in [0.1, 0.15) is 12.1 Å². The van der Waals surface area contributed by atoms with Crippen LogP contribution in [0.1, 0.15) is 18.9 Å². The van der Waals surface area contributed by atoms with E-state index in [1.54, 1.807) is 4.90 Å². The van der Waals surface area contributed by atoms with Gasteiger partial charge in [-0.15, -0.1) is 0 Å². The molecule has 0 aromatic heterocycles. The Morgan fingerprint density at radius 1 is 1.40 bits per heavy atom. The van der Waals surface area contributed by atoms with E-state index in [9.17, 15) is 9.59 Å². The number of carbonyl (C=O) groups excluding carboxylic acids is 2. The van der Waals surface area contributed by atoms with Crippen molar-refractivity contribution in [2.75, 3.05) is 18.4 Å². The average Bonchev–Trinajstić information content (AvgIpc) is 2.90. The van der Waals surface area contributed by atoms with E-state index in [-0.39, 0.29) is 23.9 Å². The molecule has 1 aromatic carbocycles. The summed E-state index contributed by atoms with van der Waals surface area (Å²) in [5, 5.41) is 6.09. The average molecular weight is 273 g/mol. The van der Waals surface area contributed by atoms with Gasteiger partial charge in [0, 0.05) is 25.2 Å². The molecule has 2 aliphatic rings. The number of hydrogen-bond donors (Lipinski definition) is 2.